The summed E-state index contributed by atoms with van der Waals surface area (Å²) < 4.78 is 0. The van der Waals surface area contributed by atoms with E-state index >= 15 is 0 Å². The predicted octanol–water partition coefficient (Wildman–Crippen LogP) is 4.06. The van der Waals surface area contributed by atoms with Crippen LogP contribution < -0.4 is 5.73 Å². The van der Waals surface area contributed by atoms with Gasteiger partial charge in [-0.25, -0.2) is 0 Å². The van der Waals surface area contributed by atoms with Crippen molar-refractivity contribution in [2.45, 2.75) is 53.5 Å². The molecular weight excluding hydrogens is 244 g/mol. The van der Waals surface area contributed by atoms with Gasteiger partial charge in [0, 0.05) is 12.6 Å². The molecule has 0 spiro atoms. The zero-order valence-electron chi connectivity index (χ0n) is 13.9. The molecule has 0 aliphatic heterocycles. The normalized spacial score (nSPS) is 14.6. The van der Waals surface area contributed by atoms with Gasteiger partial charge < -0.3 is 10.6 Å². The Labute approximate surface area is 125 Å². The van der Waals surface area contributed by atoms with E-state index in [1.807, 2.05) is 0 Å². The maximum Gasteiger partial charge on any atom is 0.0307 e. The fourth-order valence-electron chi connectivity index (χ4n) is 2.66. The monoisotopic (exact) mass is 276 g/mol. The van der Waals surface area contributed by atoms with E-state index in [4.69, 9.17) is 5.73 Å². The molecule has 2 nitrogen and oxygen atoms in total. The molecule has 0 amide bonds. The van der Waals surface area contributed by atoms with Gasteiger partial charge in [-0.2, -0.15) is 0 Å². The molecule has 20 heavy (non-hydrogen) atoms. The number of benzene rings is 1. The van der Waals surface area contributed by atoms with Gasteiger partial charge in [0.25, 0.3) is 0 Å². The predicted molar refractivity (Wildman–Crippen MR) is 89.0 cm³/mol. The minimum absolute atomic E-state index is 0.152. The zero-order valence-corrected chi connectivity index (χ0v) is 13.9. The van der Waals surface area contributed by atoms with Crippen molar-refractivity contribution in [1.82, 2.24) is 4.90 Å². The third kappa shape index (κ3) is 5.64. The molecule has 1 aromatic rings. The maximum atomic E-state index is 6.37. The Bertz CT molecular complexity index is 380. The average Bonchev–Trinajstić information content (AvgIpc) is 2.41. The molecular formula is C18H32N2. The Morgan fingerprint density at radius 3 is 2.20 bits per heavy atom. The number of rotatable bonds is 8. The summed E-state index contributed by atoms with van der Waals surface area (Å²) >= 11 is 0. The van der Waals surface area contributed by atoms with E-state index in [0.29, 0.717) is 0 Å². The topological polar surface area (TPSA) is 29.3 Å². The summed E-state index contributed by atoms with van der Waals surface area (Å²) in [5.74, 6) is 0.771. The summed E-state index contributed by atoms with van der Waals surface area (Å²) in [4.78, 5) is 2.52. The van der Waals surface area contributed by atoms with E-state index in [-0.39, 0.29) is 6.04 Å². The lowest BCUT2D eigenvalue weighted by atomic mass is 9.99. The molecule has 2 heteroatoms. The van der Waals surface area contributed by atoms with E-state index in [2.05, 4.69) is 57.7 Å². The summed E-state index contributed by atoms with van der Waals surface area (Å²) in [6, 6.07) is 6.81. The summed E-state index contributed by atoms with van der Waals surface area (Å²) in [7, 11) is 0. The number of nitrogens with two attached hydrogens (primary N) is 1. The molecule has 0 aromatic heterocycles. The van der Waals surface area contributed by atoms with Crippen LogP contribution in [0, 0.1) is 19.8 Å². The molecule has 2 N–H and O–H groups in total. The van der Waals surface area contributed by atoms with Gasteiger partial charge in [-0.3, -0.25) is 0 Å². The minimum Gasteiger partial charge on any atom is -0.324 e. The first-order valence-electron chi connectivity index (χ1n) is 8.02. The van der Waals surface area contributed by atoms with Gasteiger partial charge in [-0.05, 0) is 44.8 Å². The van der Waals surface area contributed by atoms with Crippen molar-refractivity contribution in [2.24, 2.45) is 11.7 Å². The molecule has 0 radical (unpaired) electrons. The Morgan fingerprint density at radius 1 is 1.10 bits per heavy atom. The Kier molecular flexibility index (Phi) is 7.25. The molecule has 0 aliphatic carbocycles. The van der Waals surface area contributed by atoms with Crippen LogP contribution in [0.3, 0.4) is 0 Å². The molecule has 1 aromatic carbocycles. The Morgan fingerprint density at radius 2 is 1.70 bits per heavy atom. The molecule has 114 valence electrons. The molecule has 0 saturated heterocycles. The van der Waals surface area contributed by atoms with Crippen LogP contribution in [0.2, 0.25) is 0 Å². The first-order valence-corrected chi connectivity index (χ1v) is 8.02. The summed E-state index contributed by atoms with van der Waals surface area (Å²) in [5.41, 5.74) is 10.3. The van der Waals surface area contributed by atoms with E-state index in [1.54, 1.807) is 0 Å². The first kappa shape index (κ1) is 17.2. The average molecular weight is 276 g/mol. The fourth-order valence-corrected chi connectivity index (χ4v) is 2.66. The van der Waals surface area contributed by atoms with Gasteiger partial charge in [0.2, 0.25) is 0 Å². The highest BCUT2D eigenvalue weighted by Crippen LogP contribution is 2.18. The van der Waals surface area contributed by atoms with Crippen molar-refractivity contribution >= 4 is 0 Å². The molecule has 0 heterocycles. The molecule has 2 unspecified atom stereocenters. The maximum absolute atomic E-state index is 6.37. The largest absolute Gasteiger partial charge is 0.324 e. The van der Waals surface area contributed by atoms with Crippen LogP contribution in [0.15, 0.2) is 18.2 Å². The van der Waals surface area contributed by atoms with E-state index in [9.17, 15) is 0 Å². The second kappa shape index (κ2) is 8.43. The van der Waals surface area contributed by atoms with E-state index < -0.39 is 0 Å². The van der Waals surface area contributed by atoms with Crippen LogP contribution in [0.5, 0.6) is 0 Å². The van der Waals surface area contributed by atoms with Gasteiger partial charge in [0.15, 0.2) is 0 Å². The van der Waals surface area contributed by atoms with Crippen LogP contribution in [0.25, 0.3) is 0 Å². The van der Waals surface area contributed by atoms with Crippen LogP contribution in [-0.2, 0) is 0 Å². The summed E-state index contributed by atoms with van der Waals surface area (Å²) in [6.07, 6.45) is 2.28. The standard InChI is InChI=1S/C18H32N2/c1-6-14(3)13-20(7-2)9-8-18(19)17-11-15(4)10-16(5)12-17/h10-12,14,18H,6-9,13,19H2,1-5H3. The van der Waals surface area contributed by atoms with Crippen molar-refractivity contribution in [1.29, 1.82) is 0 Å². The minimum atomic E-state index is 0.152. The lowest BCUT2D eigenvalue weighted by Crippen LogP contribution is -2.31. The smallest absolute Gasteiger partial charge is 0.0307 e. The van der Waals surface area contributed by atoms with Crippen molar-refractivity contribution < 1.29 is 0 Å². The third-order valence-electron chi connectivity index (χ3n) is 4.14. The molecule has 1 rings (SSSR count). The SMILES string of the molecule is CCC(C)CN(CC)CCC(N)c1cc(C)cc(C)c1. The highest BCUT2D eigenvalue weighted by Gasteiger charge is 2.11. The summed E-state index contributed by atoms with van der Waals surface area (Å²) in [5, 5.41) is 0. The van der Waals surface area contributed by atoms with Crippen molar-refractivity contribution in [2.75, 3.05) is 19.6 Å². The highest BCUT2D eigenvalue weighted by atomic mass is 15.1. The van der Waals surface area contributed by atoms with E-state index in [0.717, 1.165) is 25.4 Å². The lowest BCUT2D eigenvalue weighted by Gasteiger charge is -2.25. The van der Waals surface area contributed by atoms with Gasteiger partial charge in [0.05, 0.1) is 0 Å². The van der Waals surface area contributed by atoms with Crippen LogP contribution in [0.4, 0.5) is 0 Å². The van der Waals surface area contributed by atoms with Crippen molar-refractivity contribution in [3.63, 3.8) is 0 Å². The van der Waals surface area contributed by atoms with Crippen LogP contribution in [-0.4, -0.2) is 24.5 Å². The Balaban J connectivity index is 2.54. The molecule has 0 saturated carbocycles. The van der Waals surface area contributed by atoms with Gasteiger partial charge >= 0.3 is 0 Å². The lowest BCUT2D eigenvalue weighted by molar-refractivity contribution is 0.237. The van der Waals surface area contributed by atoms with Crippen LogP contribution >= 0.6 is 0 Å². The van der Waals surface area contributed by atoms with Gasteiger partial charge in [0.1, 0.15) is 0 Å². The fraction of sp³-hybridized carbons (Fsp3) is 0.667. The van der Waals surface area contributed by atoms with Crippen LogP contribution in [0.1, 0.15) is 56.3 Å². The van der Waals surface area contributed by atoms with Gasteiger partial charge in [-0.15, -0.1) is 0 Å². The quantitative estimate of drug-likeness (QED) is 0.776. The summed E-state index contributed by atoms with van der Waals surface area (Å²) in [6.45, 7) is 14.5. The number of hydrogen-bond acceptors (Lipinski definition) is 2. The number of aryl methyl sites for hydroxylation is 2. The van der Waals surface area contributed by atoms with E-state index in [1.165, 1.54) is 29.7 Å². The second-order valence-corrected chi connectivity index (χ2v) is 6.22. The van der Waals surface area contributed by atoms with Crippen molar-refractivity contribution in [3.05, 3.63) is 34.9 Å². The Hall–Kier alpha value is -0.860. The highest BCUT2D eigenvalue weighted by molar-refractivity contribution is 5.30. The molecule has 0 fully saturated rings. The molecule has 2 atom stereocenters. The number of hydrogen-bond donors (Lipinski definition) is 1. The second-order valence-electron chi connectivity index (χ2n) is 6.22. The zero-order chi connectivity index (χ0) is 15.1. The third-order valence-corrected chi connectivity index (χ3v) is 4.14. The van der Waals surface area contributed by atoms with Crippen molar-refractivity contribution in [3.8, 4) is 0 Å². The molecule has 0 bridgehead atoms. The number of nitrogens with zero attached hydrogens (tertiary/aromatic N) is 1. The first-order chi connectivity index (χ1) is 9.46. The molecule has 0 aliphatic rings. The van der Waals surface area contributed by atoms with Gasteiger partial charge in [-0.1, -0.05) is 56.5 Å².